The van der Waals surface area contributed by atoms with Crippen molar-refractivity contribution in [2.45, 2.75) is 70.1 Å². The molecule has 8 nitrogen and oxygen atoms in total. The Kier molecular flexibility index (Phi) is 8.43. The average Bonchev–Trinajstić information content (AvgIpc) is 3.35. The summed E-state index contributed by atoms with van der Waals surface area (Å²) in [5, 5.41) is 13.5. The minimum Gasteiger partial charge on any atom is -0.389 e. The number of hydrogen-bond acceptors (Lipinski definition) is 7. The fourth-order valence-electron chi connectivity index (χ4n) is 3.79. The third-order valence-corrected chi connectivity index (χ3v) is 6.89. The summed E-state index contributed by atoms with van der Waals surface area (Å²) >= 11 is 0.334. The van der Waals surface area contributed by atoms with Gasteiger partial charge >= 0.3 is 12.4 Å². The lowest BCUT2D eigenvalue weighted by atomic mass is 10.1. The van der Waals surface area contributed by atoms with Crippen LogP contribution in [0.4, 0.5) is 40.9 Å². The second-order valence-electron chi connectivity index (χ2n) is 10.1. The van der Waals surface area contributed by atoms with E-state index >= 15 is 0 Å². The van der Waals surface area contributed by atoms with E-state index in [-0.39, 0.29) is 6.54 Å². The number of amides is 2. The van der Waals surface area contributed by atoms with E-state index in [9.17, 15) is 49.8 Å². The number of carbonyl (C=O) groups is 2. The van der Waals surface area contributed by atoms with Crippen molar-refractivity contribution in [3.05, 3.63) is 28.5 Å². The van der Waals surface area contributed by atoms with E-state index < -0.39 is 93.3 Å². The molecule has 3 rings (SSSR count). The van der Waals surface area contributed by atoms with Crippen LogP contribution < -0.4 is 10.6 Å². The Labute approximate surface area is 226 Å². The number of nitrogens with one attached hydrogen (secondary N) is 2. The first kappa shape index (κ1) is 31.4. The van der Waals surface area contributed by atoms with E-state index in [2.05, 4.69) is 15.3 Å². The number of anilines is 1. The monoisotopic (exact) mass is 603 g/mol. The second kappa shape index (κ2) is 10.7. The molecule has 0 saturated carbocycles. The van der Waals surface area contributed by atoms with E-state index in [0.717, 1.165) is 4.90 Å². The van der Waals surface area contributed by atoms with Gasteiger partial charge in [0, 0.05) is 30.8 Å². The molecule has 1 unspecified atom stereocenters. The number of aliphatic hydroxyl groups is 1. The van der Waals surface area contributed by atoms with E-state index in [1.54, 1.807) is 0 Å². The zero-order chi connectivity index (χ0) is 30.4. The van der Waals surface area contributed by atoms with Crippen molar-refractivity contribution in [2.75, 3.05) is 18.4 Å². The third kappa shape index (κ3) is 7.35. The molecule has 3 heterocycles. The van der Waals surface area contributed by atoms with Crippen LogP contribution >= 0.6 is 11.3 Å². The minimum atomic E-state index is -5.17. The molecule has 0 aliphatic carbocycles. The van der Waals surface area contributed by atoms with Crippen LogP contribution in [0.2, 0.25) is 0 Å². The molecule has 222 valence electrons. The Bertz CT molecular complexity index is 1270. The van der Waals surface area contributed by atoms with Gasteiger partial charge < -0.3 is 20.6 Å². The standard InChI is InChI=1S/C23H25F8N5O3S/c1-10-6-21(24,25)9-36(10)19(38)15-16(40-18(35-15)17(37)33-8-20(3,4)39)12-7-32-14(5-13(12)23(29,30)31)34-11(2)22(26,27)28/h5,7,10-11,39H,6,8-9H2,1-4H3,(H,32,34)(H,33,37)/t10-,11?/m0/s1. The van der Waals surface area contributed by atoms with Crippen LogP contribution in [0.1, 0.15) is 60.0 Å². The van der Waals surface area contributed by atoms with Crippen molar-refractivity contribution in [3.63, 3.8) is 0 Å². The van der Waals surface area contributed by atoms with Crippen LogP contribution in [0.3, 0.4) is 0 Å². The van der Waals surface area contributed by atoms with E-state index in [4.69, 9.17) is 0 Å². The predicted molar refractivity (Wildman–Crippen MR) is 128 cm³/mol. The van der Waals surface area contributed by atoms with E-state index in [0.29, 0.717) is 30.5 Å². The Balaban J connectivity index is 2.14. The van der Waals surface area contributed by atoms with Gasteiger partial charge in [-0.25, -0.2) is 18.7 Å². The van der Waals surface area contributed by atoms with Crippen LogP contribution in [0, 0.1) is 0 Å². The summed E-state index contributed by atoms with van der Waals surface area (Å²) in [7, 11) is 0. The van der Waals surface area contributed by atoms with Crippen LogP contribution in [0.25, 0.3) is 10.4 Å². The van der Waals surface area contributed by atoms with Crippen LogP contribution in [0.5, 0.6) is 0 Å². The lowest BCUT2D eigenvalue weighted by molar-refractivity contribution is -0.138. The number of hydrogen-bond donors (Lipinski definition) is 3. The molecule has 2 aromatic rings. The molecule has 0 radical (unpaired) electrons. The van der Waals surface area contributed by atoms with Crippen molar-refractivity contribution in [1.82, 2.24) is 20.2 Å². The molecule has 1 saturated heterocycles. The largest absolute Gasteiger partial charge is 0.417 e. The Morgan fingerprint density at radius 1 is 1.23 bits per heavy atom. The summed E-state index contributed by atoms with van der Waals surface area (Å²) in [6.07, 6.45) is -10.1. The number of alkyl halides is 8. The highest BCUT2D eigenvalue weighted by atomic mass is 32.1. The highest BCUT2D eigenvalue weighted by Gasteiger charge is 2.47. The molecular weight excluding hydrogens is 578 g/mol. The van der Waals surface area contributed by atoms with Crippen LogP contribution in [-0.2, 0) is 6.18 Å². The Morgan fingerprint density at radius 2 is 1.85 bits per heavy atom. The van der Waals surface area contributed by atoms with Gasteiger partial charge in [-0.2, -0.15) is 26.3 Å². The molecular formula is C23H25F8N5O3S. The van der Waals surface area contributed by atoms with Gasteiger partial charge in [-0.15, -0.1) is 11.3 Å². The number of thiazole rings is 1. The molecule has 17 heteroatoms. The van der Waals surface area contributed by atoms with Gasteiger partial charge in [-0.05, 0) is 33.8 Å². The van der Waals surface area contributed by atoms with Gasteiger partial charge in [0.25, 0.3) is 17.7 Å². The lowest BCUT2D eigenvalue weighted by Crippen LogP contribution is -2.38. The quantitative estimate of drug-likeness (QED) is 0.387. The first-order chi connectivity index (χ1) is 18.1. The van der Waals surface area contributed by atoms with Crippen molar-refractivity contribution < 1.29 is 49.8 Å². The van der Waals surface area contributed by atoms with Crippen molar-refractivity contribution in [1.29, 1.82) is 0 Å². The maximum absolute atomic E-state index is 14.1. The predicted octanol–water partition coefficient (Wildman–Crippen LogP) is 4.96. The van der Waals surface area contributed by atoms with E-state index in [1.807, 2.05) is 5.32 Å². The van der Waals surface area contributed by atoms with Gasteiger partial charge in [0.05, 0.1) is 22.6 Å². The Hall–Kier alpha value is -3.08. The number of pyridine rings is 1. The van der Waals surface area contributed by atoms with Crippen molar-refractivity contribution >= 4 is 29.0 Å². The molecule has 1 aliphatic rings. The fraction of sp³-hybridized carbons (Fsp3) is 0.565. The number of rotatable bonds is 7. The summed E-state index contributed by atoms with van der Waals surface area (Å²) in [6, 6.07) is -2.95. The Morgan fingerprint density at radius 3 is 2.35 bits per heavy atom. The highest BCUT2D eigenvalue weighted by Crippen LogP contribution is 2.43. The number of likely N-dealkylation sites (tertiary alicyclic amines) is 1. The summed E-state index contributed by atoms with van der Waals surface area (Å²) in [4.78, 5) is 33.7. The average molecular weight is 604 g/mol. The van der Waals surface area contributed by atoms with Gasteiger partial charge in [0.15, 0.2) is 5.01 Å². The SMILES string of the molecule is CC(Nc1cc(C(F)(F)F)c(-c2sc(C(=O)NCC(C)(C)O)nc2C(=O)N2CC(F)(F)C[C@@H]2C)cn1)C(F)(F)F. The third-order valence-electron chi connectivity index (χ3n) is 5.80. The topological polar surface area (TPSA) is 107 Å². The number of aromatic nitrogens is 2. The molecule has 2 aromatic heterocycles. The summed E-state index contributed by atoms with van der Waals surface area (Å²) in [5.41, 5.74) is -4.41. The maximum atomic E-state index is 14.1. The lowest BCUT2D eigenvalue weighted by Gasteiger charge is -2.21. The molecule has 0 aromatic carbocycles. The number of halogens is 8. The van der Waals surface area contributed by atoms with Crippen molar-refractivity contribution in [3.8, 4) is 10.4 Å². The summed E-state index contributed by atoms with van der Waals surface area (Å²) in [5.74, 6) is -6.17. The molecule has 40 heavy (non-hydrogen) atoms. The molecule has 2 atom stereocenters. The molecule has 3 N–H and O–H groups in total. The number of carbonyl (C=O) groups excluding carboxylic acids is 2. The normalized spacial score (nSPS) is 18.5. The van der Waals surface area contributed by atoms with Crippen LogP contribution in [0.15, 0.2) is 12.3 Å². The summed E-state index contributed by atoms with van der Waals surface area (Å²) < 4.78 is 109. The number of nitrogens with zero attached hydrogens (tertiary/aromatic N) is 3. The fourth-order valence-corrected chi connectivity index (χ4v) is 4.79. The first-order valence-corrected chi connectivity index (χ1v) is 12.5. The van der Waals surface area contributed by atoms with E-state index in [1.165, 1.54) is 20.8 Å². The van der Waals surface area contributed by atoms with Gasteiger partial charge in [-0.1, -0.05) is 0 Å². The zero-order valence-corrected chi connectivity index (χ0v) is 22.3. The van der Waals surface area contributed by atoms with Gasteiger partial charge in [-0.3, -0.25) is 9.59 Å². The highest BCUT2D eigenvalue weighted by molar-refractivity contribution is 7.17. The second-order valence-corrected chi connectivity index (χ2v) is 11.1. The van der Waals surface area contributed by atoms with Crippen LogP contribution in [-0.4, -0.2) is 74.7 Å². The van der Waals surface area contributed by atoms with Crippen molar-refractivity contribution in [2.24, 2.45) is 0 Å². The maximum Gasteiger partial charge on any atom is 0.417 e. The summed E-state index contributed by atoms with van der Waals surface area (Å²) in [6.45, 7) is 3.38. The first-order valence-electron chi connectivity index (χ1n) is 11.7. The molecule has 0 bridgehead atoms. The molecule has 1 aliphatic heterocycles. The smallest absolute Gasteiger partial charge is 0.389 e. The van der Waals surface area contributed by atoms with Gasteiger partial charge in [0.2, 0.25) is 0 Å². The van der Waals surface area contributed by atoms with Gasteiger partial charge in [0.1, 0.15) is 17.6 Å². The molecule has 2 amide bonds. The zero-order valence-electron chi connectivity index (χ0n) is 21.5. The molecule has 1 fully saturated rings. The minimum absolute atomic E-state index is 0.299. The molecule has 0 spiro atoms.